The van der Waals surface area contributed by atoms with Gasteiger partial charge in [0.05, 0.1) is 0 Å². The third-order valence-electron chi connectivity index (χ3n) is 4.41. The molecule has 0 spiro atoms. The Morgan fingerprint density at radius 1 is 1.10 bits per heavy atom. The second kappa shape index (κ2) is 10.1. The summed E-state index contributed by atoms with van der Waals surface area (Å²) >= 11 is 3.63. The van der Waals surface area contributed by atoms with E-state index in [1.807, 2.05) is 6.92 Å². The van der Waals surface area contributed by atoms with Gasteiger partial charge in [0.2, 0.25) is 0 Å². The van der Waals surface area contributed by atoms with E-state index >= 15 is 0 Å². The first-order chi connectivity index (χ1) is 14.3. The molecular formula is C20H22BrF6N3O. The van der Waals surface area contributed by atoms with Crippen LogP contribution in [-0.2, 0) is 4.74 Å². The van der Waals surface area contributed by atoms with Crippen molar-refractivity contribution in [3.63, 3.8) is 0 Å². The Morgan fingerprint density at radius 2 is 1.71 bits per heavy atom. The standard InChI is InChI=1S/C16H18BrN3.C4H4F6O/c1-3-19-16(18)20-9-10(2)15-12-5-4-6-13(17)11(12)7-8-14(15)20;5-3(6,7)1-11-2-4(8,9)10/h4-8,10H,3,9H2,1-2H3,(H2,18,19);1-2H2. The maximum Gasteiger partial charge on any atom is 0.411 e. The van der Waals surface area contributed by atoms with E-state index in [9.17, 15) is 26.3 Å². The molecule has 0 saturated heterocycles. The monoisotopic (exact) mass is 513 g/mol. The number of ether oxygens (including phenoxy) is 1. The molecule has 11 heteroatoms. The summed E-state index contributed by atoms with van der Waals surface area (Å²) in [6.07, 6.45) is -9.41. The fourth-order valence-electron chi connectivity index (χ4n) is 3.31. The van der Waals surface area contributed by atoms with Crippen LogP contribution in [0.15, 0.2) is 34.8 Å². The molecule has 1 aliphatic heterocycles. The highest BCUT2D eigenvalue weighted by atomic mass is 79.9. The molecule has 1 heterocycles. The summed E-state index contributed by atoms with van der Waals surface area (Å²) in [4.78, 5) is 2.07. The average Bonchev–Trinajstić information content (AvgIpc) is 2.98. The van der Waals surface area contributed by atoms with Gasteiger partial charge in [-0.15, -0.1) is 0 Å². The number of hydrogen-bond acceptors (Lipinski definition) is 2. The Bertz CT molecular complexity index is 902. The summed E-state index contributed by atoms with van der Waals surface area (Å²) in [5.41, 5.74) is 2.51. The first-order valence-electron chi connectivity index (χ1n) is 9.36. The van der Waals surface area contributed by atoms with Gasteiger partial charge in [-0.3, -0.25) is 5.41 Å². The molecule has 2 N–H and O–H groups in total. The normalized spacial score (nSPS) is 16.0. The zero-order chi connectivity index (χ0) is 23.4. The number of guanidine groups is 1. The van der Waals surface area contributed by atoms with Crippen LogP contribution in [0.5, 0.6) is 0 Å². The molecule has 2 aromatic rings. The maximum absolute atomic E-state index is 11.1. The number of benzene rings is 2. The predicted molar refractivity (Wildman–Crippen MR) is 112 cm³/mol. The number of rotatable bonds is 3. The smallest absolute Gasteiger partial charge is 0.363 e. The lowest BCUT2D eigenvalue weighted by molar-refractivity contribution is -0.219. The van der Waals surface area contributed by atoms with E-state index in [0.717, 1.165) is 23.2 Å². The maximum atomic E-state index is 11.1. The van der Waals surface area contributed by atoms with Crippen LogP contribution in [0.25, 0.3) is 10.8 Å². The van der Waals surface area contributed by atoms with Gasteiger partial charge < -0.3 is 15.0 Å². The Morgan fingerprint density at radius 3 is 2.26 bits per heavy atom. The van der Waals surface area contributed by atoms with Crippen molar-refractivity contribution in [2.24, 2.45) is 0 Å². The molecule has 172 valence electrons. The van der Waals surface area contributed by atoms with Crippen LogP contribution in [0.3, 0.4) is 0 Å². The van der Waals surface area contributed by atoms with E-state index in [-0.39, 0.29) is 0 Å². The fourth-order valence-corrected chi connectivity index (χ4v) is 3.80. The second-order valence-corrected chi connectivity index (χ2v) is 7.80. The molecule has 3 rings (SSSR count). The first-order valence-corrected chi connectivity index (χ1v) is 10.2. The molecule has 1 aliphatic rings. The van der Waals surface area contributed by atoms with Crippen LogP contribution >= 0.6 is 15.9 Å². The van der Waals surface area contributed by atoms with E-state index in [4.69, 9.17) is 5.41 Å². The lowest BCUT2D eigenvalue weighted by atomic mass is 9.96. The molecule has 0 fully saturated rings. The van der Waals surface area contributed by atoms with Crippen molar-refractivity contribution in [2.45, 2.75) is 32.1 Å². The van der Waals surface area contributed by atoms with Gasteiger partial charge in [-0.05, 0) is 35.4 Å². The van der Waals surface area contributed by atoms with Gasteiger partial charge in [0, 0.05) is 29.2 Å². The Hall–Kier alpha value is -2.01. The molecule has 0 radical (unpaired) electrons. The molecule has 31 heavy (non-hydrogen) atoms. The third kappa shape index (κ3) is 6.99. The number of nitrogens with one attached hydrogen (secondary N) is 2. The van der Waals surface area contributed by atoms with Gasteiger partial charge in [-0.1, -0.05) is 41.1 Å². The van der Waals surface area contributed by atoms with Crippen molar-refractivity contribution in [1.29, 1.82) is 5.41 Å². The van der Waals surface area contributed by atoms with E-state index in [1.165, 1.54) is 16.3 Å². The Labute approximate surface area is 184 Å². The minimum absolute atomic E-state index is 0.432. The molecule has 2 aromatic carbocycles. The average molecular weight is 514 g/mol. The molecule has 1 unspecified atom stereocenters. The van der Waals surface area contributed by atoms with Gasteiger partial charge in [0.15, 0.2) is 5.96 Å². The van der Waals surface area contributed by atoms with Gasteiger partial charge in [-0.25, -0.2) is 0 Å². The summed E-state index contributed by atoms with van der Waals surface area (Å²) in [7, 11) is 0. The number of nitrogens with zero attached hydrogens (tertiary/aromatic N) is 1. The summed E-state index contributed by atoms with van der Waals surface area (Å²) in [5.74, 6) is 0.925. The Kier molecular flexibility index (Phi) is 8.21. The third-order valence-corrected chi connectivity index (χ3v) is 5.10. The van der Waals surface area contributed by atoms with Crippen LogP contribution in [0.1, 0.15) is 25.3 Å². The summed E-state index contributed by atoms with van der Waals surface area (Å²) < 4.78 is 71.3. The lowest BCUT2D eigenvalue weighted by Gasteiger charge is -2.21. The van der Waals surface area contributed by atoms with Crippen molar-refractivity contribution in [3.05, 3.63) is 40.4 Å². The van der Waals surface area contributed by atoms with Crippen molar-refractivity contribution in [3.8, 4) is 0 Å². The van der Waals surface area contributed by atoms with E-state index in [1.54, 1.807) is 0 Å². The largest absolute Gasteiger partial charge is 0.411 e. The molecule has 0 amide bonds. The number of hydrogen-bond donors (Lipinski definition) is 2. The minimum atomic E-state index is -4.70. The van der Waals surface area contributed by atoms with Crippen LogP contribution in [0.2, 0.25) is 0 Å². The number of halogens is 7. The summed E-state index contributed by atoms with van der Waals surface area (Å²) in [6, 6.07) is 10.6. The zero-order valence-electron chi connectivity index (χ0n) is 16.8. The highest BCUT2D eigenvalue weighted by molar-refractivity contribution is 9.10. The van der Waals surface area contributed by atoms with Gasteiger partial charge in [-0.2, -0.15) is 26.3 Å². The second-order valence-electron chi connectivity index (χ2n) is 6.95. The van der Waals surface area contributed by atoms with E-state index < -0.39 is 25.6 Å². The lowest BCUT2D eigenvalue weighted by Crippen LogP contribution is -2.39. The van der Waals surface area contributed by atoms with Crippen molar-refractivity contribution in [2.75, 3.05) is 31.2 Å². The fraction of sp³-hybridized carbons (Fsp3) is 0.450. The number of fused-ring (bicyclic) bond motifs is 3. The van der Waals surface area contributed by atoms with E-state index in [2.05, 4.69) is 68.1 Å². The SMILES string of the molecule is CCNC(=N)N1CC(C)c2c1ccc1c(Br)cccc21.FC(F)(F)COCC(F)(F)F. The molecule has 1 atom stereocenters. The minimum Gasteiger partial charge on any atom is -0.363 e. The topological polar surface area (TPSA) is 48.4 Å². The quantitative estimate of drug-likeness (QED) is 0.292. The first kappa shape index (κ1) is 25.3. The molecule has 0 bridgehead atoms. The molecule has 0 saturated carbocycles. The van der Waals surface area contributed by atoms with Crippen molar-refractivity contribution in [1.82, 2.24) is 5.32 Å². The van der Waals surface area contributed by atoms with Crippen LogP contribution in [0, 0.1) is 5.41 Å². The molecular weight excluding hydrogens is 492 g/mol. The summed E-state index contributed by atoms with van der Waals surface area (Å²) in [5, 5.41) is 13.8. The van der Waals surface area contributed by atoms with Gasteiger partial charge in [0.1, 0.15) is 13.2 Å². The highest BCUT2D eigenvalue weighted by Gasteiger charge is 2.33. The molecule has 0 aliphatic carbocycles. The van der Waals surface area contributed by atoms with Crippen LogP contribution in [-0.4, -0.2) is 44.6 Å². The number of anilines is 1. The molecule has 4 nitrogen and oxygen atoms in total. The number of alkyl halides is 6. The summed E-state index contributed by atoms with van der Waals surface area (Å²) in [6.45, 7) is 2.16. The Balaban J connectivity index is 0.000000267. The zero-order valence-corrected chi connectivity index (χ0v) is 18.4. The van der Waals surface area contributed by atoms with Gasteiger partial charge >= 0.3 is 12.4 Å². The van der Waals surface area contributed by atoms with Gasteiger partial charge in [0.25, 0.3) is 0 Å². The van der Waals surface area contributed by atoms with Crippen molar-refractivity contribution >= 4 is 38.3 Å². The molecule has 0 aromatic heterocycles. The van der Waals surface area contributed by atoms with E-state index in [0.29, 0.717) is 11.9 Å². The van der Waals surface area contributed by atoms with Crippen LogP contribution in [0.4, 0.5) is 32.0 Å². The van der Waals surface area contributed by atoms with Crippen molar-refractivity contribution < 1.29 is 31.1 Å². The van der Waals surface area contributed by atoms with Crippen LogP contribution < -0.4 is 10.2 Å². The highest BCUT2D eigenvalue weighted by Crippen LogP contribution is 2.42. The predicted octanol–water partition coefficient (Wildman–Crippen LogP) is 6.20.